The van der Waals surface area contributed by atoms with Crippen LogP contribution in [0.5, 0.6) is 11.5 Å². The Bertz CT molecular complexity index is 639. The van der Waals surface area contributed by atoms with Gasteiger partial charge in [0.15, 0.2) is 0 Å². The number of aromatic carboxylic acids is 1. The number of carboxylic acid groups (broad SMARTS) is 1. The van der Waals surface area contributed by atoms with Crippen molar-refractivity contribution in [2.24, 2.45) is 0 Å². The number of hydrogen-bond donors (Lipinski definition) is 2. The fourth-order valence-corrected chi connectivity index (χ4v) is 1.50. The smallest absolute Gasteiger partial charge is 0.478 e. The molecule has 0 heterocycles. The zero-order valence-electron chi connectivity index (χ0n) is 10.3. The summed E-state index contributed by atoms with van der Waals surface area (Å²) in [6.45, 7) is 0. The second kappa shape index (κ2) is 5.75. The molecule has 0 aliphatic carbocycles. The number of carbonyl (C=O) groups excluding carboxylic acids is 1. The first-order chi connectivity index (χ1) is 9.56. The molecule has 2 aromatic rings. The van der Waals surface area contributed by atoms with Gasteiger partial charge in [-0.3, -0.25) is 0 Å². The number of ether oxygens (including phenoxy) is 2. The molecule has 0 saturated heterocycles. The number of carbonyl (C=O) groups is 2. The first-order valence-corrected chi connectivity index (χ1v) is 5.64. The van der Waals surface area contributed by atoms with E-state index in [1.807, 2.05) is 0 Å². The summed E-state index contributed by atoms with van der Waals surface area (Å²) in [5.41, 5.74) is 5.53. The van der Waals surface area contributed by atoms with Crippen molar-refractivity contribution in [3.63, 3.8) is 0 Å². The predicted octanol–water partition coefficient (Wildman–Crippen LogP) is 2.54. The van der Waals surface area contributed by atoms with E-state index in [0.717, 1.165) is 0 Å². The van der Waals surface area contributed by atoms with Crippen LogP contribution in [0.2, 0.25) is 0 Å². The van der Waals surface area contributed by atoms with E-state index in [0.29, 0.717) is 5.75 Å². The molecule has 0 amide bonds. The topological polar surface area (TPSA) is 98.9 Å². The minimum Gasteiger partial charge on any atom is -0.478 e. The Morgan fingerprint density at radius 2 is 1.70 bits per heavy atom. The Morgan fingerprint density at radius 1 is 1.00 bits per heavy atom. The summed E-state index contributed by atoms with van der Waals surface area (Å²) in [5, 5.41) is 9.01. The van der Waals surface area contributed by atoms with Crippen LogP contribution < -0.4 is 15.2 Å². The zero-order chi connectivity index (χ0) is 14.5. The van der Waals surface area contributed by atoms with Crippen LogP contribution in [0.15, 0.2) is 48.5 Å². The minimum atomic E-state index is -1.25. The maximum absolute atomic E-state index is 11.6. The van der Waals surface area contributed by atoms with Gasteiger partial charge in [0.05, 0.1) is 0 Å². The Labute approximate surface area is 114 Å². The lowest BCUT2D eigenvalue weighted by atomic mass is 10.2. The van der Waals surface area contributed by atoms with Gasteiger partial charge in [-0.05, 0) is 30.3 Å². The number of hydrogen-bond acceptors (Lipinski definition) is 5. The first-order valence-electron chi connectivity index (χ1n) is 5.64. The molecule has 2 aromatic carbocycles. The van der Waals surface area contributed by atoms with E-state index in [1.54, 1.807) is 30.3 Å². The van der Waals surface area contributed by atoms with Crippen LogP contribution in [0.3, 0.4) is 0 Å². The van der Waals surface area contributed by atoms with Gasteiger partial charge in [-0.2, -0.15) is 0 Å². The molecule has 0 atom stereocenters. The van der Waals surface area contributed by atoms with Crippen LogP contribution in [0.25, 0.3) is 0 Å². The van der Waals surface area contributed by atoms with Crippen molar-refractivity contribution in [2.45, 2.75) is 0 Å². The largest absolute Gasteiger partial charge is 0.519 e. The summed E-state index contributed by atoms with van der Waals surface area (Å²) in [7, 11) is 0. The highest BCUT2D eigenvalue weighted by Gasteiger charge is 2.16. The molecule has 0 spiro atoms. The normalized spacial score (nSPS) is 9.80. The van der Waals surface area contributed by atoms with Crippen LogP contribution >= 0.6 is 0 Å². The van der Waals surface area contributed by atoms with E-state index >= 15 is 0 Å². The molecule has 2 rings (SSSR count). The second-order valence-corrected chi connectivity index (χ2v) is 3.83. The highest BCUT2D eigenvalue weighted by atomic mass is 16.7. The van der Waals surface area contributed by atoms with Crippen LogP contribution in [0.1, 0.15) is 10.4 Å². The fourth-order valence-electron chi connectivity index (χ4n) is 1.50. The molecular formula is C14H11NO5. The Hall–Kier alpha value is -3.02. The molecule has 0 bridgehead atoms. The first kappa shape index (κ1) is 13.4. The molecule has 0 aromatic heterocycles. The molecule has 20 heavy (non-hydrogen) atoms. The minimum absolute atomic E-state index is 0.132. The van der Waals surface area contributed by atoms with E-state index in [4.69, 9.17) is 20.3 Å². The van der Waals surface area contributed by atoms with Gasteiger partial charge in [-0.25, -0.2) is 9.59 Å². The summed E-state index contributed by atoms with van der Waals surface area (Å²) < 4.78 is 9.77. The Morgan fingerprint density at radius 3 is 2.35 bits per heavy atom. The van der Waals surface area contributed by atoms with Gasteiger partial charge < -0.3 is 20.3 Å². The predicted molar refractivity (Wildman–Crippen MR) is 70.9 cm³/mol. The van der Waals surface area contributed by atoms with Gasteiger partial charge in [0.1, 0.15) is 17.1 Å². The lowest BCUT2D eigenvalue weighted by Gasteiger charge is -2.08. The summed E-state index contributed by atoms with van der Waals surface area (Å²) in [5.74, 6) is -1.09. The van der Waals surface area contributed by atoms with Crippen LogP contribution in [0, 0.1) is 0 Å². The van der Waals surface area contributed by atoms with Crippen LogP contribution in [-0.2, 0) is 0 Å². The molecule has 0 fully saturated rings. The molecule has 3 N–H and O–H groups in total. The quantitative estimate of drug-likeness (QED) is 0.506. The van der Waals surface area contributed by atoms with Crippen molar-refractivity contribution in [3.8, 4) is 11.5 Å². The summed E-state index contributed by atoms with van der Waals surface area (Å²) in [4.78, 5) is 22.6. The van der Waals surface area contributed by atoms with Gasteiger partial charge in [0.2, 0.25) is 0 Å². The average Bonchev–Trinajstić information content (AvgIpc) is 2.41. The van der Waals surface area contributed by atoms with Gasteiger partial charge in [-0.1, -0.05) is 18.2 Å². The highest BCUT2D eigenvalue weighted by molar-refractivity contribution is 5.92. The number of nitrogens with two attached hydrogens (primary N) is 1. The van der Waals surface area contributed by atoms with E-state index in [9.17, 15) is 9.59 Å². The summed E-state index contributed by atoms with van der Waals surface area (Å²) in [6, 6.07) is 12.2. The molecule has 102 valence electrons. The molecular weight excluding hydrogens is 262 g/mol. The number of carboxylic acids is 1. The van der Waals surface area contributed by atoms with E-state index in [2.05, 4.69) is 0 Å². The SMILES string of the molecule is Nc1ccc(OC(=O)Oc2ccccc2)c(C(=O)O)c1. The van der Waals surface area contributed by atoms with Crippen molar-refractivity contribution in [2.75, 3.05) is 5.73 Å². The van der Waals surface area contributed by atoms with Gasteiger partial charge in [0.25, 0.3) is 0 Å². The lowest BCUT2D eigenvalue weighted by Crippen LogP contribution is -2.15. The van der Waals surface area contributed by atoms with Crippen molar-refractivity contribution in [1.82, 2.24) is 0 Å². The Kier molecular flexibility index (Phi) is 3.85. The van der Waals surface area contributed by atoms with Gasteiger partial charge >= 0.3 is 12.1 Å². The summed E-state index contributed by atoms with van der Waals surface area (Å²) in [6.07, 6.45) is -1.02. The van der Waals surface area contributed by atoms with Crippen molar-refractivity contribution < 1.29 is 24.2 Å². The molecule has 0 aliphatic rings. The molecule has 0 unspecified atom stereocenters. The number of nitrogen functional groups attached to an aromatic ring is 1. The number of anilines is 1. The van der Waals surface area contributed by atoms with Crippen molar-refractivity contribution >= 4 is 17.8 Å². The van der Waals surface area contributed by atoms with E-state index in [-0.39, 0.29) is 17.0 Å². The number of benzene rings is 2. The third kappa shape index (κ3) is 3.26. The fraction of sp³-hybridized carbons (Fsp3) is 0. The highest BCUT2D eigenvalue weighted by Crippen LogP contribution is 2.22. The molecule has 6 heteroatoms. The third-order valence-corrected chi connectivity index (χ3v) is 2.37. The van der Waals surface area contributed by atoms with Crippen molar-refractivity contribution in [1.29, 1.82) is 0 Å². The van der Waals surface area contributed by atoms with Crippen molar-refractivity contribution in [3.05, 3.63) is 54.1 Å². The summed E-state index contributed by atoms with van der Waals surface area (Å²) >= 11 is 0. The Balaban J connectivity index is 2.14. The van der Waals surface area contributed by atoms with Gasteiger partial charge in [0, 0.05) is 5.69 Å². The maximum atomic E-state index is 11.6. The molecule has 0 aliphatic heterocycles. The molecule has 0 radical (unpaired) electrons. The van der Waals surface area contributed by atoms with Gasteiger partial charge in [-0.15, -0.1) is 0 Å². The lowest BCUT2D eigenvalue weighted by molar-refractivity contribution is 0.0693. The number of para-hydroxylation sites is 1. The monoisotopic (exact) mass is 273 g/mol. The van der Waals surface area contributed by atoms with E-state index < -0.39 is 12.1 Å². The molecule has 0 saturated carbocycles. The molecule has 6 nitrogen and oxygen atoms in total. The van der Waals surface area contributed by atoms with Crippen LogP contribution in [0.4, 0.5) is 10.5 Å². The second-order valence-electron chi connectivity index (χ2n) is 3.83. The van der Waals surface area contributed by atoms with E-state index in [1.165, 1.54) is 18.2 Å². The zero-order valence-corrected chi connectivity index (χ0v) is 10.3. The van der Waals surface area contributed by atoms with Crippen LogP contribution in [-0.4, -0.2) is 17.2 Å². The average molecular weight is 273 g/mol. The third-order valence-electron chi connectivity index (χ3n) is 2.37. The number of rotatable bonds is 3. The standard InChI is InChI=1S/C14H11NO5/c15-9-6-7-12(11(8-9)13(16)17)20-14(18)19-10-4-2-1-3-5-10/h1-8H,15H2,(H,16,17). The maximum Gasteiger partial charge on any atom is 0.519 e.